The molecule has 0 fully saturated rings. The Morgan fingerprint density at radius 3 is 2.43 bits per heavy atom. The molecule has 28 heavy (non-hydrogen) atoms. The normalized spacial score (nSPS) is 10.6. The van der Waals surface area contributed by atoms with Crippen LogP contribution in [0.1, 0.15) is 18.9 Å². The van der Waals surface area contributed by atoms with E-state index in [9.17, 15) is 0 Å². The van der Waals surface area contributed by atoms with Crippen molar-refractivity contribution < 1.29 is 14.2 Å². The molecule has 0 saturated carbocycles. The number of hydrogen-bond donors (Lipinski definition) is 2. The Morgan fingerprint density at radius 2 is 1.75 bits per heavy atom. The highest BCUT2D eigenvalue weighted by molar-refractivity contribution is 14.0. The van der Waals surface area contributed by atoms with Crippen molar-refractivity contribution in [3.63, 3.8) is 0 Å². The Hall–Kier alpha value is -2.16. The van der Waals surface area contributed by atoms with Crippen LogP contribution in [0.25, 0.3) is 0 Å². The second-order valence-electron chi connectivity index (χ2n) is 5.79. The molecule has 0 radical (unpaired) electrons. The number of aliphatic imine (C=N–C) groups is 1. The molecular weight excluding hydrogens is 469 g/mol. The van der Waals surface area contributed by atoms with Gasteiger partial charge >= 0.3 is 0 Å². The second-order valence-corrected chi connectivity index (χ2v) is 5.79. The lowest BCUT2D eigenvalue weighted by atomic mass is 10.2. The lowest BCUT2D eigenvalue weighted by Crippen LogP contribution is -2.38. The summed E-state index contributed by atoms with van der Waals surface area (Å²) in [5.41, 5.74) is 0.974. The maximum Gasteiger partial charge on any atom is 0.191 e. The molecule has 6 nitrogen and oxygen atoms in total. The minimum Gasteiger partial charge on any atom is -0.494 e. The predicted molar refractivity (Wildman–Crippen MR) is 124 cm³/mol. The number of ether oxygens (including phenoxy) is 3. The Kier molecular flexibility index (Phi) is 11.9. The largest absolute Gasteiger partial charge is 0.494 e. The minimum absolute atomic E-state index is 0. The highest BCUT2D eigenvalue weighted by atomic mass is 127. The summed E-state index contributed by atoms with van der Waals surface area (Å²) >= 11 is 0. The lowest BCUT2D eigenvalue weighted by molar-refractivity contribution is 0.311. The average Bonchev–Trinajstić information content (AvgIpc) is 2.72. The van der Waals surface area contributed by atoms with Crippen molar-refractivity contribution in [3.8, 4) is 17.2 Å². The number of nitrogens with one attached hydrogen (secondary N) is 2. The topological polar surface area (TPSA) is 64.1 Å². The molecule has 2 aromatic rings. The number of benzene rings is 2. The molecule has 0 aliphatic carbocycles. The van der Waals surface area contributed by atoms with E-state index < -0.39 is 0 Å². The number of hydrogen-bond acceptors (Lipinski definition) is 4. The van der Waals surface area contributed by atoms with Gasteiger partial charge in [-0.15, -0.1) is 24.0 Å². The van der Waals surface area contributed by atoms with Crippen molar-refractivity contribution in [1.82, 2.24) is 10.6 Å². The average molecular weight is 499 g/mol. The Bertz CT molecular complexity index is 711. The molecule has 0 saturated heterocycles. The van der Waals surface area contributed by atoms with Crippen LogP contribution in [0.15, 0.2) is 53.5 Å². The van der Waals surface area contributed by atoms with Gasteiger partial charge in [0.1, 0.15) is 5.75 Å². The summed E-state index contributed by atoms with van der Waals surface area (Å²) in [7, 11) is 3.27. The first-order chi connectivity index (χ1) is 13.3. The van der Waals surface area contributed by atoms with Crippen molar-refractivity contribution in [2.75, 3.05) is 33.9 Å². The van der Waals surface area contributed by atoms with Crippen LogP contribution in [-0.4, -0.2) is 39.9 Å². The van der Waals surface area contributed by atoms with Gasteiger partial charge in [0.2, 0.25) is 0 Å². The highest BCUT2D eigenvalue weighted by Crippen LogP contribution is 2.30. The van der Waals surface area contributed by atoms with Crippen molar-refractivity contribution in [1.29, 1.82) is 0 Å². The number of rotatable bonds is 10. The van der Waals surface area contributed by atoms with Crippen LogP contribution in [0.5, 0.6) is 17.2 Å². The smallest absolute Gasteiger partial charge is 0.191 e. The van der Waals surface area contributed by atoms with Crippen molar-refractivity contribution in [3.05, 3.63) is 54.1 Å². The van der Waals surface area contributed by atoms with Gasteiger partial charge in [0.15, 0.2) is 17.5 Å². The summed E-state index contributed by atoms with van der Waals surface area (Å²) in [6.45, 7) is 4.76. The molecule has 2 N–H and O–H groups in total. The summed E-state index contributed by atoms with van der Waals surface area (Å²) in [4.78, 5) is 4.64. The van der Waals surface area contributed by atoms with Gasteiger partial charge in [-0.2, -0.15) is 0 Å². The van der Waals surface area contributed by atoms with Gasteiger partial charge in [0, 0.05) is 18.7 Å². The van der Waals surface area contributed by atoms with E-state index in [1.807, 2.05) is 55.5 Å². The molecule has 154 valence electrons. The van der Waals surface area contributed by atoms with E-state index in [0.29, 0.717) is 18.9 Å². The van der Waals surface area contributed by atoms with E-state index in [2.05, 4.69) is 15.6 Å². The van der Waals surface area contributed by atoms with Gasteiger partial charge in [0.25, 0.3) is 0 Å². The van der Waals surface area contributed by atoms with Gasteiger partial charge in [0.05, 0.1) is 27.4 Å². The van der Waals surface area contributed by atoms with Crippen LogP contribution >= 0.6 is 24.0 Å². The Morgan fingerprint density at radius 1 is 0.964 bits per heavy atom. The first kappa shape index (κ1) is 23.9. The van der Waals surface area contributed by atoms with Crippen LogP contribution in [0.2, 0.25) is 0 Å². The lowest BCUT2D eigenvalue weighted by Gasteiger charge is -2.14. The molecule has 0 aromatic heterocycles. The molecule has 0 aliphatic rings. The molecule has 0 atom stereocenters. The predicted octanol–water partition coefficient (Wildman–Crippen LogP) is 3.85. The molecule has 0 spiro atoms. The van der Waals surface area contributed by atoms with Crippen molar-refractivity contribution in [2.24, 2.45) is 4.99 Å². The first-order valence-electron chi connectivity index (χ1n) is 9.18. The van der Waals surface area contributed by atoms with Crippen LogP contribution in [-0.2, 0) is 6.54 Å². The maximum absolute atomic E-state index is 5.70. The summed E-state index contributed by atoms with van der Waals surface area (Å²) in [6.07, 6.45) is 0.877. The van der Waals surface area contributed by atoms with Crippen molar-refractivity contribution >= 4 is 29.9 Å². The van der Waals surface area contributed by atoms with E-state index in [1.54, 1.807) is 14.2 Å². The van der Waals surface area contributed by atoms with Gasteiger partial charge in [-0.3, -0.25) is 0 Å². The SMILES string of the molecule is CCNC(=NCc1cccc(OC)c1OC)NCCCOc1ccccc1.I. The third-order valence-electron chi connectivity index (χ3n) is 3.86. The molecule has 7 heteroatoms. The van der Waals surface area contributed by atoms with Crippen molar-refractivity contribution in [2.45, 2.75) is 19.9 Å². The zero-order chi connectivity index (χ0) is 19.3. The van der Waals surface area contributed by atoms with Gasteiger partial charge in [-0.25, -0.2) is 4.99 Å². The quantitative estimate of drug-likeness (QED) is 0.225. The zero-order valence-electron chi connectivity index (χ0n) is 16.7. The number of halogens is 1. The molecule has 2 aromatic carbocycles. The fourth-order valence-corrected chi connectivity index (χ4v) is 2.57. The standard InChI is InChI=1S/C21H29N3O3.HI/c1-4-22-21(23-14-9-15-27-18-11-6-5-7-12-18)24-16-17-10-8-13-19(25-2)20(17)26-3;/h5-8,10-13H,4,9,14-16H2,1-3H3,(H2,22,23,24);1H. The third-order valence-corrected chi connectivity index (χ3v) is 3.86. The monoisotopic (exact) mass is 499 g/mol. The number of nitrogens with zero attached hydrogens (tertiary/aromatic N) is 1. The number of para-hydroxylation sites is 2. The molecule has 0 aliphatic heterocycles. The summed E-state index contributed by atoms with van der Waals surface area (Å²) in [5.74, 6) is 3.09. The summed E-state index contributed by atoms with van der Waals surface area (Å²) in [6, 6.07) is 15.6. The van der Waals surface area contributed by atoms with E-state index in [1.165, 1.54) is 0 Å². The third kappa shape index (κ3) is 7.84. The fourth-order valence-electron chi connectivity index (χ4n) is 2.57. The van der Waals surface area contributed by atoms with Crippen LogP contribution in [0, 0.1) is 0 Å². The molecule has 0 heterocycles. The summed E-state index contributed by atoms with van der Waals surface area (Å²) in [5, 5.41) is 6.58. The van der Waals surface area contributed by atoms with E-state index in [4.69, 9.17) is 14.2 Å². The van der Waals surface area contributed by atoms with E-state index in [0.717, 1.165) is 42.5 Å². The maximum atomic E-state index is 5.70. The molecule has 0 unspecified atom stereocenters. The van der Waals surface area contributed by atoms with E-state index >= 15 is 0 Å². The van der Waals surface area contributed by atoms with E-state index in [-0.39, 0.29) is 24.0 Å². The fraction of sp³-hybridized carbons (Fsp3) is 0.381. The Labute approximate surface area is 184 Å². The van der Waals surface area contributed by atoms with Crippen LogP contribution in [0.3, 0.4) is 0 Å². The Balaban J connectivity index is 0.00000392. The van der Waals surface area contributed by atoms with Crippen LogP contribution in [0.4, 0.5) is 0 Å². The van der Waals surface area contributed by atoms with Gasteiger partial charge in [-0.1, -0.05) is 30.3 Å². The molecular formula is C21H30IN3O3. The van der Waals surface area contributed by atoms with Crippen LogP contribution < -0.4 is 24.8 Å². The molecule has 0 bridgehead atoms. The molecule has 2 rings (SSSR count). The zero-order valence-corrected chi connectivity index (χ0v) is 19.1. The number of methoxy groups -OCH3 is 2. The highest BCUT2D eigenvalue weighted by Gasteiger charge is 2.09. The number of guanidine groups is 1. The first-order valence-corrected chi connectivity index (χ1v) is 9.18. The summed E-state index contributed by atoms with van der Waals surface area (Å²) < 4.78 is 16.5. The molecule has 0 amide bonds. The van der Waals surface area contributed by atoms with Gasteiger partial charge in [-0.05, 0) is 31.5 Å². The minimum atomic E-state index is 0. The van der Waals surface area contributed by atoms with Gasteiger partial charge < -0.3 is 24.8 Å². The second kappa shape index (κ2) is 13.9.